The molecule has 0 aliphatic rings. The molecule has 0 amide bonds. The van der Waals surface area contributed by atoms with Crippen molar-refractivity contribution in [2.24, 2.45) is 0 Å². The predicted octanol–water partition coefficient (Wildman–Crippen LogP) is 1.88. The maximum Gasteiger partial charge on any atom is 0.241 e. The number of hydrogen-bond donors (Lipinski definition) is 1. The zero-order valence-corrected chi connectivity index (χ0v) is 13.9. The number of benzene rings is 2. The number of sulfonamides is 1. The van der Waals surface area contributed by atoms with Gasteiger partial charge in [-0.3, -0.25) is 0 Å². The van der Waals surface area contributed by atoms with Crippen molar-refractivity contribution in [1.29, 1.82) is 0 Å². The molecule has 0 fully saturated rings. The van der Waals surface area contributed by atoms with E-state index in [1.807, 2.05) is 30.3 Å². The Morgan fingerprint density at radius 2 is 1.59 bits per heavy atom. The summed E-state index contributed by atoms with van der Waals surface area (Å²) < 4.78 is 50.5. The SMILES string of the molecule is Cc1ccc(S(C)(=O)=O)cc1S(=O)(=O)NCc1ccccc1. The third-order valence-corrected chi connectivity index (χ3v) is 5.84. The molecule has 0 aliphatic heterocycles. The normalized spacial score (nSPS) is 12.3. The number of rotatable bonds is 5. The average molecular weight is 339 g/mol. The molecule has 0 aliphatic carbocycles. The summed E-state index contributed by atoms with van der Waals surface area (Å²) in [7, 11) is -7.25. The molecule has 2 rings (SSSR count). The summed E-state index contributed by atoms with van der Waals surface area (Å²) in [6.07, 6.45) is 1.05. The highest BCUT2D eigenvalue weighted by Gasteiger charge is 2.19. The van der Waals surface area contributed by atoms with Crippen molar-refractivity contribution in [2.75, 3.05) is 6.26 Å². The minimum absolute atomic E-state index is 0.0156. The van der Waals surface area contributed by atoms with Crippen molar-refractivity contribution >= 4 is 19.9 Å². The molecule has 118 valence electrons. The van der Waals surface area contributed by atoms with Crippen LogP contribution in [-0.4, -0.2) is 23.1 Å². The van der Waals surface area contributed by atoms with Gasteiger partial charge in [0.05, 0.1) is 9.79 Å². The topological polar surface area (TPSA) is 80.3 Å². The van der Waals surface area contributed by atoms with Crippen molar-refractivity contribution in [2.45, 2.75) is 23.3 Å². The molecule has 5 nitrogen and oxygen atoms in total. The Morgan fingerprint density at radius 3 is 2.18 bits per heavy atom. The van der Waals surface area contributed by atoms with E-state index < -0.39 is 19.9 Å². The molecule has 0 unspecified atom stereocenters. The lowest BCUT2D eigenvalue weighted by molar-refractivity contribution is 0.580. The number of sulfone groups is 1. The monoisotopic (exact) mass is 339 g/mol. The molecular weight excluding hydrogens is 322 g/mol. The molecular formula is C15H17NO4S2. The van der Waals surface area contributed by atoms with Gasteiger partial charge in [-0.15, -0.1) is 0 Å². The van der Waals surface area contributed by atoms with Gasteiger partial charge in [-0.1, -0.05) is 36.4 Å². The van der Waals surface area contributed by atoms with Gasteiger partial charge in [0.2, 0.25) is 10.0 Å². The quantitative estimate of drug-likeness (QED) is 0.902. The van der Waals surface area contributed by atoms with E-state index in [4.69, 9.17) is 0 Å². The van der Waals surface area contributed by atoms with E-state index >= 15 is 0 Å². The van der Waals surface area contributed by atoms with Gasteiger partial charge in [0.15, 0.2) is 9.84 Å². The van der Waals surface area contributed by atoms with Crippen LogP contribution in [0.25, 0.3) is 0 Å². The van der Waals surface area contributed by atoms with Crippen LogP contribution in [0, 0.1) is 6.92 Å². The van der Waals surface area contributed by atoms with Crippen LogP contribution in [0.2, 0.25) is 0 Å². The highest BCUT2D eigenvalue weighted by molar-refractivity contribution is 7.91. The zero-order chi connectivity index (χ0) is 16.4. The summed E-state index contributed by atoms with van der Waals surface area (Å²) in [5.41, 5.74) is 1.32. The van der Waals surface area contributed by atoms with Crippen LogP contribution >= 0.6 is 0 Å². The van der Waals surface area contributed by atoms with E-state index in [1.54, 1.807) is 6.92 Å². The average Bonchev–Trinajstić information content (AvgIpc) is 2.45. The largest absolute Gasteiger partial charge is 0.241 e. The molecule has 7 heteroatoms. The highest BCUT2D eigenvalue weighted by Crippen LogP contribution is 2.20. The molecule has 0 saturated carbocycles. The lowest BCUT2D eigenvalue weighted by atomic mass is 10.2. The molecule has 0 spiro atoms. The fourth-order valence-electron chi connectivity index (χ4n) is 1.95. The summed E-state index contributed by atoms with van der Waals surface area (Å²) in [4.78, 5) is -0.0375. The summed E-state index contributed by atoms with van der Waals surface area (Å²) in [5.74, 6) is 0. The first kappa shape index (κ1) is 16.7. The first-order chi connectivity index (χ1) is 10.2. The lowest BCUT2D eigenvalue weighted by Crippen LogP contribution is -2.24. The lowest BCUT2D eigenvalue weighted by Gasteiger charge is -2.11. The van der Waals surface area contributed by atoms with Crippen molar-refractivity contribution in [1.82, 2.24) is 4.72 Å². The fourth-order valence-corrected chi connectivity index (χ4v) is 3.96. The van der Waals surface area contributed by atoms with Crippen molar-refractivity contribution < 1.29 is 16.8 Å². The van der Waals surface area contributed by atoms with Crippen molar-refractivity contribution in [3.8, 4) is 0 Å². The van der Waals surface area contributed by atoms with E-state index in [0.717, 1.165) is 11.8 Å². The van der Waals surface area contributed by atoms with E-state index in [1.165, 1.54) is 18.2 Å². The van der Waals surface area contributed by atoms with E-state index in [2.05, 4.69) is 4.72 Å². The first-order valence-electron chi connectivity index (χ1n) is 6.54. The molecule has 0 radical (unpaired) electrons. The van der Waals surface area contributed by atoms with Gasteiger partial charge in [0, 0.05) is 12.8 Å². The smallest absolute Gasteiger partial charge is 0.224 e. The maximum absolute atomic E-state index is 12.4. The Labute approximate surface area is 131 Å². The second-order valence-electron chi connectivity index (χ2n) is 5.01. The van der Waals surface area contributed by atoms with Crippen LogP contribution in [0.15, 0.2) is 58.3 Å². The molecule has 0 aromatic heterocycles. The molecule has 22 heavy (non-hydrogen) atoms. The Kier molecular flexibility index (Phi) is 4.69. The maximum atomic E-state index is 12.4. The Morgan fingerprint density at radius 1 is 0.955 bits per heavy atom. The van der Waals surface area contributed by atoms with Gasteiger partial charge >= 0.3 is 0 Å². The summed E-state index contributed by atoms with van der Waals surface area (Å²) >= 11 is 0. The van der Waals surface area contributed by atoms with E-state index in [-0.39, 0.29) is 16.3 Å². The van der Waals surface area contributed by atoms with E-state index in [9.17, 15) is 16.8 Å². The molecule has 0 saturated heterocycles. The third kappa shape index (κ3) is 3.94. The van der Waals surface area contributed by atoms with Gasteiger partial charge in [-0.2, -0.15) is 0 Å². The summed E-state index contributed by atoms with van der Waals surface area (Å²) in [5, 5.41) is 0. The Hall–Kier alpha value is -1.70. The van der Waals surface area contributed by atoms with Crippen molar-refractivity contribution in [3.05, 3.63) is 59.7 Å². The van der Waals surface area contributed by atoms with Gasteiger partial charge < -0.3 is 0 Å². The van der Waals surface area contributed by atoms with Crippen LogP contribution < -0.4 is 4.72 Å². The van der Waals surface area contributed by atoms with Gasteiger partial charge in [0.1, 0.15) is 0 Å². The van der Waals surface area contributed by atoms with Crippen LogP contribution in [-0.2, 0) is 26.4 Å². The first-order valence-corrected chi connectivity index (χ1v) is 9.92. The molecule has 2 aromatic rings. The minimum Gasteiger partial charge on any atom is -0.224 e. The molecule has 0 atom stereocenters. The number of aryl methyl sites for hydroxylation is 1. The second kappa shape index (κ2) is 6.20. The highest BCUT2D eigenvalue weighted by atomic mass is 32.2. The number of nitrogens with one attached hydrogen (secondary N) is 1. The predicted molar refractivity (Wildman–Crippen MR) is 84.8 cm³/mol. The third-order valence-electron chi connectivity index (χ3n) is 3.19. The van der Waals surface area contributed by atoms with E-state index in [0.29, 0.717) is 5.56 Å². The Bertz CT molecular complexity index is 873. The zero-order valence-electron chi connectivity index (χ0n) is 12.3. The standard InChI is InChI=1S/C15H17NO4S2/c1-12-8-9-14(21(2,17)18)10-15(12)22(19,20)16-11-13-6-4-3-5-7-13/h3-10,16H,11H2,1-2H3. The Balaban J connectivity index is 2.33. The molecule has 0 heterocycles. The van der Waals surface area contributed by atoms with Gasteiger partial charge in [-0.05, 0) is 30.2 Å². The van der Waals surface area contributed by atoms with Crippen LogP contribution in [0.4, 0.5) is 0 Å². The van der Waals surface area contributed by atoms with Gasteiger partial charge in [-0.25, -0.2) is 21.6 Å². The molecule has 2 aromatic carbocycles. The van der Waals surface area contributed by atoms with Crippen LogP contribution in [0.1, 0.15) is 11.1 Å². The number of hydrogen-bond acceptors (Lipinski definition) is 4. The summed E-state index contributed by atoms with van der Waals surface area (Å²) in [6, 6.07) is 13.2. The van der Waals surface area contributed by atoms with Crippen molar-refractivity contribution in [3.63, 3.8) is 0 Å². The van der Waals surface area contributed by atoms with Crippen LogP contribution in [0.3, 0.4) is 0 Å². The fraction of sp³-hybridized carbons (Fsp3) is 0.200. The van der Waals surface area contributed by atoms with Crippen LogP contribution in [0.5, 0.6) is 0 Å². The summed E-state index contributed by atoms with van der Waals surface area (Å²) in [6.45, 7) is 1.77. The molecule has 0 bridgehead atoms. The minimum atomic E-state index is -3.79. The second-order valence-corrected chi connectivity index (χ2v) is 8.76. The van der Waals surface area contributed by atoms with Gasteiger partial charge in [0.25, 0.3) is 0 Å². The molecule has 1 N–H and O–H groups in total.